The molecule has 1 aromatic rings. The van der Waals surface area contributed by atoms with E-state index in [0.29, 0.717) is 12.1 Å². The fourth-order valence-electron chi connectivity index (χ4n) is 0.992. The van der Waals surface area contributed by atoms with Gasteiger partial charge in [0.2, 0.25) is 0 Å². The van der Waals surface area contributed by atoms with E-state index in [-0.39, 0.29) is 0 Å². The van der Waals surface area contributed by atoms with E-state index in [1.54, 1.807) is 11.3 Å². The molecule has 0 amide bonds. The Balaban J connectivity index is 3.07. The number of aromatic nitrogens is 1. The molecular weight excluding hydrogens is 168 g/mol. The summed E-state index contributed by atoms with van der Waals surface area (Å²) >= 11 is 1.70. The Morgan fingerprint density at radius 3 is 2.50 bits per heavy atom. The number of rotatable bonds is 2. The first-order valence-corrected chi connectivity index (χ1v) is 5.18. The molecule has 0 aliphatic rings. The van der Waals surface area contributed by atoms with Crippen LogP contribution in [0.15, 0.2) is 16.6 Å². The van der Waals surface area contributed by atoms with Crippen molar-refractivity contribution in [3.8, 4) is 0 Å². The molecule has 0 spiro atoms. The lowest BCUT2D eigenvalue weighted by molar-refractivity contribution is 0.574. The third kappa shape index (κ3) is 2.21. The van der Waals surface area contributed by atoms with E-state index in [1.165, 1.54) is 0 Å². The van der Waals surface area contributed by atoms with Crippen molar-refractivity contribution in [2.45, 2.75) is 39.8 Å². The maximum absolute atomic E-state index is 4.52. The van der Waals surface area contributed by atoms with Gasteiger partial charge in [0.1, 0.15) is 0 Å². The summed E-state index contributed by atoms with van der Waals surface area (Å²) in [5, 5.41) is 2.08. The van der Waals surface area contributed by atoms with Gasteiger partial charge in [0.05, 0.1) is 0 Å². The molecule has 12 heavy (non-hydrogen) atoms. The smallest absolute Gasteiger partial charge is 0.185 e. The van der Waals surface area contributed by atoms with Gasteiger partial charge in [-0.15, -0.1) is 11.3 Å². The minimum Gasteiger partial charge on any atom is -0.321 e. The molecule has 0 saturated carbocycles. The second-order valence-corrected chi connectivity index (χ2v) is 4.28. The highest BCUT2D eigenvalue weighted by Crippen LogP contribution is 2.01. The maximum Gasteiger partial charge on any atom is 0.185 e. The molecule has 0 aromatic carbocycles. The molecule has 1 rings (SSSR count). The van der Waals surface area contributed by atoms with Crippen LogP contribution in [-0.2, 0) is 0 Å². The molecular formula is C9H16N2S. The Bertz CT molecular complexity index is 293. The molecule has 0 aliphatic heterocycles. The summed E-state index contributed by atoms with van der Waals surface area (Å²) in [5.41, 5.74) is 0. The molecule has 0 fully saturated rings. The first-order chi connectivity index (χ1) is 5.61. The van der Waals surface area contributed by atoms with Crippen molar-refractivity contribution in [2.24, 2.45) is 4.99 Å². The first kappa shape index (κ1) is 9.52. The van der Waals surface area contributed by atoms with Gasteiger partial charge < -0.3 is 4.57 Å². The Morgan fingerprint density at radius 2 is 2.00 bits per heavy atom. The van der Waals surface area contributed by atoms with E-state index in [9.17, 15) is 0 Å². The highest BCUT2D eigenvalue weighted by Gasteiger charge is 1.99. The molecule has 0 N–H and O–H groups in total. The molecule has 0 bridgehead atoms. The van der Waals surface area contributed by atoms with Gasteiger partial charge in [-0.25, -0.2) is 0 Å². The van der Waals surface area contributed by atoms with Crippen LogP contribution < -0.4 is 4.80 Å². The quantitative estimate of drug-likeness (QED) is 0.672. The Hall–Kier alpha value is -0.570. The second-order valence-electron chi connectivity index (χ2n) is 3.41. The Kier molecular flexibility index (Phi) is 3.09. The molecule has 1 heterocycles. The van der Waals surface area contributed by atoms with E-state index in [4.69, 9.17) is 0 Å². The minimum absolute atomic E-state index is 0.383. The third-order valence-corrected chi connectivity index (χ3v) is 2.33. The van der Waals surface area contributed by atoms with Crippen LogP contribution in [0.5, 0.6) is 0 Å². The maximum atomic E-state index is 4.52. The van der Waals surface area contributed by atoms with E-state index in [1.807, 2.05) is 0 Å². The summed E-state index contributed by atoms with van der Waals surface area (Å²) in [6.45, 7) is 8.55. The van der Waals surface area contributed by atoms with Crippen molar-refractivity contribution in [1.29, 1.82) is 0 Å². The van der Waals surface area contributed by atoms with Crippen LogP contribution in [0.2, 0.25) is 0 Å². The molecule has 0 atom stereocenters. The summed E-state index contributed by atoms with van der Waals surface area (Å²) < 4.78 is 2.20. The van der Waals surface area contributed by atoms with Crippen LogP contribution in [-0.4, -0.2) is 10.6 Å². The highest BCUT2D eigenvalue weighted by atomic mass is 32.1. The minimum atomic E-state index is 0.383. The van der Waals surface area contributed by atoms with Crippen LogP contribution in [0.4, 0.5) is 0 Å². The molecule has 68 valence electrons. The van der Waals surface area contributed by atoms with Crippen LogP contribution in [0.25, 0.3) is 0 Å². The average Bonchev–Trinajstić information content (AvgIpc) is 2.33. The number of hydrogen-bond acceptors (Lipinski definition) is 2. The van der Waals surface area contributed by atoms with E-state index < -0.39 is 0 Å². The summed E-state index contributed by atoms with van der Waals surface area (Å²) in [7, 11) is 0. The van der Waals surface area contributed by atoms with Gasteiger partial charge in [0.15, 0.2) is 4.80 Å². The Labute approximate surface area is 77.6 Å². The van der Waals surface area contributed by atoms with Gasteiger partial charge in [-0.05, 0) is 27.7 Å². The predicted octanol–water partition coefficient (Wildman–Crippen LogP) is 2.44. The highest BCUT2D eigenvalue weighted by molar-refractivity contribution is 7.07. The fourth-order valence-corrected chi connectivity index (χ4v) is 1.97. The standard InChI is InChI=1S/C9H16N2S/c1-7(2)10-9-11(8(3)4)5-6-12-9/h5-8H,1-4H3. The van der Waals surface area contributed by atoms with Gasteiger partial charge in [0.25, 0.3) is 0 Å². The SMILES string of the molecule is CC(C)N=c1sccn1C(C)C. The van der Waals surface area contributed by atoms with Crippen LogP contribution in [0.1, 0.15) is 33.7 Å². The predicted molar refractivity (Wildman–Crippen MR) is 53.4 cm³/mol. The van der Waals surface area contributed by atoms with E-state index >= 15 is 0 Å². The molecule has 0 radical (unpaired) electrons. The van der Waals surface area contributed by atoms with Crippen molar-refractivity contribution in [2.75, 3.05) is 0 Å². The normalized spacial score (nSPS) is 13.3. The first-order valence-electron chi connectivity index (χ1n) is 4.30. The van der Waals surface area contributed by atoms with Crippen LogP contribution in [0, 0.1) is 0 Å². The molecule has 0 unspecified atom stereocenters. The summed E-state index contributed by atoms with van der Waals surface area (Å²) in [6.07, 6.45) is 2.09. The van der Waals surface area contributed by atoms with Crippen molar-refractivity contribution in [3.63, 3.8) is 0 Å². The summed E-state index contributed by atoms with van der Waals surface area (Å²) in [6, 6.07) is 0.891. The molecule has 1 aromatic heterocycles. The average molecular weight is 184 g/mol. The van der Waals surface area contributed by atoms with E-state index in [0.717, 1.165) is 4.80 Å². The second kappa shape index (κ2) is 3.90. The van der Waals surface area contributed by atoms with Gasteiger partial charge >= 0.3 is 0 Å². The molecule has 2 nitrogen and oxygen atoms in total. The van der Waals surface area contributed by atoms with Crippen molar-refractivity contribution in [3.05, 3.63) is 16.4 Å². The fraction of sp³-hybridized carbons (Fsp3) is 0.667. The molecule has 0 aliphatic carbocycles. The van der Waals surface area contributed by atoms with E-state index in [2.05, 4.69) is 48.8 Å². The number of nitrogens with zero attached hydrogens (tertiary/aromatic N) is 2. The van der Waals surface area contributed by atoms with Crippen LogP contribution >= 0.6 is 11.3 Å². The lowest BCUT2D eigenvalue weighted by Crippen LogP contribution is -2.17. The van der Waals surface area contributed by atoms with Crippen molar-refractivity contribution in [1.82, 2.24) is 4.57 Å². The van der Waals surface area contributed by atoms with Crippen molar-refractivity contribution >= 4 is 11.3 Å². The lowest BCUT2D eigenvalue weighted by Gasteiger charge is -2.06. The summed E-state index contributed by atoms with van der Waals surface area (Å²) in [5.74, 6) is 0. The van der Waals surface area contributed by atoms with Crippen LogP contribution in [0.3, 0.4) is 0 Å². The monoisotopic (exact) mass is 184 g/mol. The summed E-state index contributed by atoms with van der Waals surface area (Å²) in [4.78, 5) is 5.65. The number of thiazole rings is 1. The molecule has 0 saturated heterocycles. The molecule has 3 heteroatoms. The van der Waals surface area contributed by atoms with Crippen molar-refractivity contribution < 1.29 is 0 Å². The van der Waals surface area contributed by atoms with Gasteiger partial charge in [-0.2, -0.15) is 0 Å². The Morgan fingerprint density at radius 1 is 1.33 bits per heavy atom. The zero-order valence-corrected chi connectivity index (χ0v) is 8.93. The topological polar surface area (TPSA) is 17.3 Å². The lowest BCUT2D eigenvalue weighted by atomic mass is 10.4. The number of hydrogen-bond donors (Lipinski definition) is 0. The van der Waals surface area contributed by atoms with Gasteiger partial charge in [-0.1, -0.05) is 0 Å². The van der Waals surface area contributed by atoms with Gasteiger partial charge in [0, 0.05) is 23.7 Å². The zero-order valence-electron chi connectivity index (χ0n) is 8.11. The largest absolute Gasteiger partial charge is 0.321 e. The van der Waals surface area contributed by atoms with Gasteiger partial charge in [-0.3, -0.25) is 4.99 Å². The zero-order chi connectivity index (χ0) is 9.14. The third-order valence-electron chi connectivity index (χ3n) is 1.54.